The average molecular weight is 407 g/mol. The normalized spacial score (nSPS) is 17.0. The molecule has 1 saturated heterocycles. The van der Waals surface area contributed by atoms with Gasteiger partial charge in [-0.05, 0) is 31.9 Å². The van der Waals surface area contributed by atoms with Gasteiger partial charge in [0, 0.05) is 18.5 Å². The SMILES string of the molecule is CC(OC(=O)C1CCN(C(=O)C(C)(C)C)CC1)c1nc2ccccc2n1C(F)F. The number of imidazole rings is 1. The van der Waals surface area contributed by atoms with E-state index in [1.165, 1.54) is 0 Å². The number of benzene rings is 1. The summed E-state index contributed by atoms with van der Waals surface area (Å²) in [5, 5.41) is 0. The minimum Gasteiger partial charge on any atom is -0.454 e. The molecular formula is C21H27F2N3O3. The Morgan fingerprint density at radius 1 is 1.17 bits per heavy atom. The summed E-state index contributed by atoms with van der Waals surface area (Å²) < 4.78 is 33.5. The third kappa shape index (κ3) is 4.41. The number of esters is 1. The summed E-state index contributed by atoms with van der Waals surface area (Å²) in [6.07, 6.45) is 0.0928. The zero-order valence-corrected chi connectivity index (χ0v) is 17.2. The summed E-state index contributed by atoms with van der Waals surface area (Å²) in [6, 6.07) is 6.59. The lowest BCUT2D eigenvalue weighted by Crippen LogP contribution is -2.45. The molecule has 0 spiro atoms. The van der Waals surface area contributed by atoms with Crippen molar-refractivity contribution in [1.29, 1.82) is 0 Å². The first-order valence-electron chi connectivity index (χ1n) is 9.84. The number of hydrogen-bond donors (Lipinski definition) is 0. The number of piperidine rings is 1. The van der Waals surface area contributed by atoms with Crippen LogP contribution in [-0.2, 0) is 14.3 Å². The van der Waals surface area contributed by atoms with Gasteiger partial charge in [-0.2, -0.15) is 8.78 Å². The molecule has 1 aliphatic heterocycles. The molecule has 0 radical (unpaired) electrons. The van der Waals surface area contributed by atoms with E-state index in [9.17, 15) is 18.4 Å². The van der Waals surface area contributed by atoms with Gasteiger partial charge >= 0.3 is 12.5 Å². The summed E-state index contributed by atoms with van der Waals surface area (Å²) in [5.74, 6) is -0.711. The third-order valence-electron chi connectivity index (χ3n) is 5.23. The highest BCUT2D eigenvalue weighted by atomic mass is 19.3. The fourth-order valence-corrected chi connectivity index (χ4v) is 3.67. The zero-order valence-electron chi connectivity index (χ0n) is 17.2. The molecule has 1 unspecified atom stereocenters. The maximum atomic E-state index is 13.6. The van der Waals surface area contributed by atoms with E-state index in [0.717, 1.165) is 4.57 Å². The van der Waals surface area contributed by atoms with Gasteiger partial charge < -0.3 is 9.64 Å². The molecule has 1 aliphatic rings. The highest BCUT2D eigenvalue weighted by Crippen LogP contribution is 2.30. The fraction of sp³-hybridized carbons (Fsp3) is 0.571. The van der Waals surface area contributed by atoms with E-state index < -0.39 is 24.0 Å². The number of carbonyl (C=O) groups excluding carboxylic acids is 2. The fourth-order valence-electron chi connectivity index (χ4n) is 3.67. The number of rotatable bonds is 4. The van der Waals surface area contributed by atoms with Crippen molar-refractivity contribution in [2.24, 2.45) is 11.3 Å². The number of para-hydroxylation sites is 2. The zero-order chi connectivity index (χ0) is 21.3. The summed E-state index contributed by atoms with van der Waals surface area (Å²) in [4.78, 5) is 31.0. The van der Waals surface area contributed by atoms with E-state index in [0.29, 0.717) is 37.0 Å². The molecule has 1 aromatic carbocycles. The van der Waals surface area contributed by atoms with Gasteiger partial charge in [0.05, 0.1) is 17.0 Å². The molecule has 6 nitrogen and oxygen atoms in total. The van der Waals surface area contributed by atoms with Gasteiger partial charge in [-0.15, -0.1) is 0 Å². The monoisotopic (exact) mass is 407 g/mol. The molecule has 1 fully saturated rings. The molecular weight excluding hydrogens is 380 g/mol. The van der Waals surface area contributed by atoms with E-state index in [1.807, 2.05) is 20.8 Å². The van der Waals surface area contributed by atoms with E-state index in [1.54, 1.807) is 36.1 Å². The summed E-state index contributed by atoms with van der Waals surface area (Å²) >= 11 is 0. The van der Waals surface area contributed by atoms with Crippen molar-refractivity contribution >= 4 is 22.9 Å². The number of ether oxygens (including phenoxy) is 1. The van der Waals surface area contributed by atoms with Crippen LogP contribution in [0.5, 0.6) is 0 Å². The second-order valence-corrected chi connectivity index (χ2v) is 8.50. The lowest BCUT2D eigenvalue weighted by atomic mass is 9.91. The third-order valence-corrected chi connectivity index (χ3v) is 5.23. The second-order valence-electron chi connectivity index (χ2n) is 8.50. The predicted octanol–water partition coefficient (Wildman–Crippen LogP) is 4.32. The number of amides is 1. The first-order valence-corrected chi connectivity index (χ1v) is 9.84. The molecule has 158 valence electrons. The van der Waals surface area contributed by atoms with Crippen LogP contribution in [0.4, 0.5) is 8.78 Å². The number of aromatic nitrogens is 2. The summed E-state index contributed by atoms with van der Waals surface area (Å²) in [7, 11) is 0. The van der Waals surface area contributed by atoms with Crippen LogP contribution in [0.2, 0.25) is 0 Å². The van der Waals surface area contributed by atoms with E-state index in [2.05, 4.69) is 4.98 Å². The van der Waals surface area contributed by atoms with Crippen LogP contribution in [0.15, 0.2) is 24.3 Å². The number of halogens is 2. The first kappa shape index (κ1) is 21.2. The molecule has 3 rings (SSSR count). The molecule has 0 N–H and O–H groups in total. The van der Waals surface area contributed by atoms with E-state index in [-0.39, 0.29) is 17.6 Å². The molecule has 2 aromatic rings. The topological polar surface area (TPSA) is 64.4 Å². The Kier molecular flexibility index (Phi) is 5.91. The molecule has 1 amide bonds. The van der Waals surface area contributed by atoms with Gasteiger partial charge in [-0.25, -0.2) is 4.98 Å². The lowest BCUT2D eigenvalue weighted by Gasteiger charge is -2.35. The summed E-state index contributed by atoms with van der Waals surface area (Å²) in [5.41, 5.74) is 0.269. The molecule has 0 saturated carbocycles. The van der Waals surface area contributed by atoms with Crippen molar-refractivity contribution in [1.82, 2.24) is 14.5 Å². The van der Waals surface area contributed by atoms with Crippen molar-refractivity contribution in [3.05, 3.63) is 30.1 Å². The highest BCUT2D eigenvalue weighted by molar-refractivity contribution is 5.82. The van der Waals surface area contributed by atoms with Gasteiger partial charge in [0.25, 0.3) is 0 Å². The van der Waals surface area contributed by atoms with Crippen LogP contribution >= 0.6 is 0 Å². The Bertz CT molecular complexity index is 896. The Morgan fingerprint density at radius 2 is 1.79 bits per heavy atom. The molecule has 8 heteroatoms. The number of likely N-dealkylation sites (tertiary alicyclic amines) is 1. The number of hydrogen-bond acceptors (Lipinski definition) is 4. The Morgan fingerprint density at radius 3 is 2.38 bits per heavy atom. The van der Waals surface area contributed by atoms with Crippen molar-refractivity contribution in [2.75, 3.05) is 13.1 Å². The number of carbonyl (C=O) groups is 2. The van der Waals surface area contributed by atoms with Crippen LogP contribution in [0, 0.1) is 11.3 Å². The van der Waals surface area contributed by atoms with Crippen molar-refractivity contribution in [3.8, 4) is 0 Å². The number of nitrogens with zero attached hydrogens (tertiary/aromatic N) is 3. The summed E-state index contributed by atoms with van der Waals surface area (Å²) in [6.45, 7) is 5.34. The van der Waals surface area contributed by atoms with Crippen molar-refractivity contribution in [2.45, 2.75) is 53.2 Å². The highest BCUT2D eigenvalue weighted by Gasteiger charge is 2.34. The van der Waals surface area contributed by atoms with Gasteiger partial charge in [0.15, 0.2) is 11.9 Å². The number of fused-ring (bicyclic) bond motifs is 1. The standard InChI is InChI=1S/C21H27F2N3O3/c1-13(17-24-15-7-5-6-8-16(15)26(17)20(22)23)29-18(27)14-9-11-25(12-10-14)19(28)21(2,3)4/h5-8,13-14,20H,9-12H2,1-4H3. The second kappa shape index (κ2) is 8.08. The van der Waals surface area contributed by atoms with Crippen molar-refractivity contribution in [3.63, 3.8) is 0 Å². The van der Waals surface area contributed by atoms with Crippen LogP contribution < -0.4 is 0 Å². The van der Waals surface area contributed by atoms with Gasteiger partial charge in [0.2, 0.25) is 5.91 Å². The molecule has 1 aromatic heterocycles. The maximum Gasteiger partial charge on any atom is 0.320 e. The van der Waals surface area contributed by atoms with Crippen LogP contribution in [0.3, 0.4) is 0 Å². The smallest absolute Gasteiger partial charge is 0.320 e. The largest absolute Gasteiger partial charge is 0.454 e. The Hall–Kier alpha value is -2.51. The van der Waals surface area contributed by atoms with Gasteiger partial charge in [-0.1, -0.05) is 32.9 Å². The molecule has 0 bridgehead atoms. The molecule has 29 heavy (non-hydrogen) atoms. The van der Waals surface area contributed by atoms with Crippen LogP contribution in [0.1, 0.15) is 59.0 Å². The van der Waals surface area contributed by atoms with E-state index in [4.69, 9.17) is 4.74 Å². The van der Waals surface area contributed by atoms with Crippen LogP contribution in [0.25, 0.3) is 11.0 Å². The first-order chi connectivity index (χ1) is 13.6. The average Bonchev–Trinajstić information content (AvgIpc) is 3.06. The Balaban J connectivity index is 1.67. The minimum atomic E-state index is -2.79. The quantitative estimate of drug-likeness (QED) is 0.708. The van der Waals surface area contributed by atoms with Crippen molar-refractivity contribution < 1.29 is 23.1 Å². The molecule has 1 atom stereocenters. The number of alkyl halides is 2. The van der Waals surface area contributed by atoms with Gasteiger partial charge in [0.1, 0.15) is 0 Å². The lowest BCUT2D eigenvalue weighted by molar-refractivity contribution is -0.158. The molecule has 0 aliphatic carbocycles. The van der Waals surface area contributed by atoms with E-state index >= 15 is 0 Å². The maximum absolute atomic E-state index is 13.6. The Labute approximate surface area is 168 Å². The minimum absolute atomic E-state index is 0.0231. The van der Waals surface area contributed by atoms with Gasteiger partial charge in [-0.3, -0.25) is 14.2 Å². The molecule has 2 heterocycles. The van der Waals surface area contributed by atoms with Crippen LogP contribution in [-0.4, -0.2) is 39.4 Å². The predicted molar refractivity (Wildman–Crippen MR) is 104 cm³/mol.